The number of fused-ring (bicyclic) bond motifs is 1. The van der Waals surface area contributed by atoms with Gasteiger partial charge in [-0.15, -0.1) is 0 Å². The topological polar surface area (TPSA) is 52.2 Å². The summed E-state index contributed by atoms with van der Waals surface area (Å²) in [5, 5.41) is 0.651. The Morgan fingerprint density at radius 3 is 2.64 bits per heavy atom. The molecule has 0 spiro atoms. The number of nitrogens with zero attached hydrogens (tertiary/aromatic N) is 3. The third-order valence-corrected chi connectivity index (χ3v) is 5.69. The van der Waals surface area contributed by atoms with Crippen molar-refractivity contribution in [1.29, 1.82) is 0 Å². The van der Waals surface area contributed by atoms with Crippen LogP contribution in [0.5, 0.6) is 0 Å². The second kappa shape index (κ2) is 8.11. The number of aromatic nitrogens is 2. The van der Waals surface area contributed by atoms with Crippen molar-refractivity contribution in [3.05, 3.63) is 40.4 Å². The molecule has 5 nitrogen and oxygen atoms in total. The van der Waals surface area contributed by atoms with Gasteiger partial charge in [-0.2, -0.15) is 0 Å². The van der Waals surface area contributed by atoms with Crippen LogP contribution in [0, 0.1) is 0 Å². The van der Waals surface area contributed by atoms with Gasteiger partial charge in [-0.1, -0.05) is 31.4 Å². The Morgan fingerprint density at radius 2 is 1.88 bits per heavy atom. The number of hydrogen-bond acceptors (Lipinski definition) is 4. The van der Waals surface area contributed by atoms with E-state index in [1.165, 1.54) is 32.1 Å². The monoisotopic (exact) mass is 342 g/mol. The van der Waals surface area contributed by atoms with Crippen LogP contribution in [0.25, 0.3) is 10.9 Å². The molecule has 136 valence electrons. The highest BCUT2D eigenvalue weighted by molar-refractivity contribution is 5.77. The van der Waals surface area contributed by atoms with Gasteiger partial charge in [0.1, 0.15) is 5.82 Å². The smallest absolute Gasteiger partial charge is 0.258 e. The highest BCUT2D eigenvalue weighted by Crippen LogP contribution is 2.22. The highest BCUT2D eigenvalue weighted by Gasteiger charge is 2.20. The van der Waals surface area contributed by atoms with Crippen molar-refractivity contribution in [2.45, 2.75) is 51.1 Å². The van der Waals surface area contributed by atoms with Gasteiger partial charge >= 0.3 is 0 Å². The van der Waals surface area contributed by atoms with E-state index in [4.69, 9.17) is 0 Å². The fraction of sp³-hybridized carbons (Fsp3) is 0.600. The molecule has 0 aliphatic heterocycles. The summed E-state index contributed by atoms with van der Waals surface area (Å²) in [5.74, 6) is 0.742. The van der Waals surface area contributed by atoms with E-state index in [0.717, 1.165) is 30.5 Å². The van der Waals surface area contributed by atoms with Crippen LogP contribution < -0.4 is 5.56 Å². The number of rotatable bonds is 6. The van der Waals surface area contributed by atoms with Crippen LogP contribution in [0.15, 0.2) is 29.1 Å². The fourth-order valence-electron chi connectivity index (χ4n) is 3.72. The molecule has 0 saturated heterocycles. The Hall–Kier alpha value is -1.72. The van der Waals surface area contributed by atoms with Crippen LogP contribution in [0.4, 0.5) is 0 Å². The van der Waals surface area contributed by atoms with E-state index in [9.17, 15) is 4.79 Å². The van der Waals surface area contributed by atoms with Gasteiger partial charge in [0, 0.05) is 19.1 Å². The quantitative estimate of drug-likeness (QED) is 0.876. The molecule has 0 amide bonds. The lowest BCUT2D eigenvalue weighted by Crippen LogP contribution is -2.39. The minimum Gasteiger partial charge on any atom is -0.309 e. The molecule has 2 aromatic rings. The molecule has 3 rings (SSSR count). The number of nitrogens with one attached hydrogen (secondary N) is 1. The number of benzene rings is 1. The normalized spacial score (nSPS) is 17.5. The maximum atomic E-state index is 12.3. The van der Waals surface area contributed by atoms with Crippen LogP contribution in [0.1, 0.15) is 50.9 Å². The van der Waals surface area contributed by atoms with Gasteiger partial charge in [0.2, 0.25) is 0 Å². The first-order chi connectivity index (χ1) is 12.1. The van der Waals surface area contributed by atoms with Crippen molar-refractivity contribution in [2.75, 3.05) is 27.2 Å². The number of para-hydroxylation sites is 1. The lowest BCUT2D eigenvalue weighted by atomic mass is 9.94. The van der Waals surface area contributed by atoms with Gasteiger partial charge in [-0.05, 0) is 46.0 Å². The van der Waals surface area contributed by atoms with E-state index in [1.807, 2.05) is 24.3 Å². The minimum absolute atomic E-state index is 0.0554. The van der Waals surface area contributed by atoms with E-state index >= 15 is 0 Å². The first-order valence-corrected chi connectivity index (χ1v) is 9.45. The van der Waals surface area contributed by atoms with Gasteiger partial charge in [0.25, 0.3) is 5.56 Å². The molecule has 1 saturated carbocycles. The van der Waals surface area contributed by atoms with Crippen molar-refractivity contribution in [3.63, 3.8) is 0 Å². The Balaban J connectivity index is 1.64. The predicted octanol–water partition coefficient (Wildman–Crippen LogP) is 3.18. The molecule has 1 aromatic carbocycles. The average molecular weight is 342 g/mol. The molecular weight excluding hydrogens is 312 g/mol. The highest BCUT2D eigenvalue weighted by atomic mass is 16.1. The van der Waals surface area contributed by atoms with E-state index < -0.39 is 0 Å². The lowest BCUT2D eigenvalue weighted by Gasteiger charge is -2.33. The number of aromatic amines is 1. The van der Waals surface area contributed by atoms with Crippen molar-refractivity contribution < 1.29 is 0 Å². The van der Waals surface area contributed by atoms with Crippen LogP contribution in [-0.2, 0) is 0 Å². The molecule has 0 bridgehead atoms. The summed E-state index contributed by atoms with van der Waals surface area (Å²) in [4.78, 5) is 24.7. The van der Waals surface area contributed by atoms with Crippen molar-refractivity contribution in [3.8, 4) is 0 Å². The molecule has 1 aliphatic carbocycles. The summed E-state index contributed by atoms with van der Waals surface area (Å²) in [7, 11) is 4.35. The van der Waals surface area contributed by atoms with Gasteiger partial charge in [0.15, 0.2) is 0 Å². The second-order valence-electron chi connectivity index (χ2n) is 7.40. The zero-order chi connectivity index (χ0) is 17.8. The minimum atomic E-state index is -0.0554. The largest absolute Gasteiger partial charge is 0.309 e. The van der Waals surface area contributed by atoms with E-state index in [2.05, 4.69) is 40.8 Å². The molecule has 1 N–H and O–H groups in total. The summed E-state index contributed by atoms with van der Waals surface area (Å²) >= 11 is 0. The predicted molar refractivity (Wildman–Crippen MR) is 103 cm³/mol. The summed E-state index contributed by atoms with van der Waals surface area (Å²) in [5.41, 5.74) is 0.709. The molecule has 1 fully saturated rings. The summed E-state index contributed by atoms with van der Waals surface area (Å²) in [6.07, 6.45) is 6.78. The third-order valence-electron chi connectivity index (χ3n) is 5.69. The molecule has 0 unspecified atom stereocenters. The maximum Gasteiger partial charge on any atom is 0.258 e. The molecule has 1 aliphatic rings. The number of hydrogen-bond donors (Lipinski definition) is 1. The summed E-state index contributed by atoms with van der Waals surface area (Å²) in [6.45, 7) is 4.11. The van der Waals surface area contributed by atoms with Gasteiger partial charge in [0.05, 0.1) is 16.9 Å². The molecular formula is C20H30N4O. The van der Waals surface area contributed by atoms with Crippen LogP contribution >= 0.6 is 0 Å². The van der Waals surface area contributed by atoms with Gasteiger partial charge < -0.3 is 9.88 Å². The van der Waals surface area contributed by atoms with Crippen molar-refractivity contribution >= 4 is 10.9 Å². The molecule has 5 heteroatoms. The number of H-pyrrole nitrogens is 1. The Labute approximate surface area is 150 Å². The first kappa shape index (κ1) is 18.1. The van der Waals surface area contributed by atoms with Crippen molar-refractivity contribution in [2.24, 2.45) is 0 Å². The zero-order valence-electron chi connectivity index (χ0n) is 15.7. The number of likely N-dealkylation sites (N-methyl/N-ethyl adjacent to an activating group) is 2. The van der Waals surface area contributed by atoms with Gasteiger partial charge in [-0.25, -0.2) is 4.98 Å². The standard InChI is InChI=1S/C20H30N4O/c1-15(19-21-18-12-8-7-11-17(18)20(25)22-19)23(2)13-14-24(3)16-9-5-4-6-10-16/h7-8,11-12,15-16H,4-6,9-10,13-14H2,1-3H3,(H,21,22,25)/t15-/m1/s1. The van der Waals surface area contributed by atoms with Crippen LogP contribution in [-0.4, -0.2) is 53.0 Å². The van der Waals surface area contributed by atoms with E-state index in [1.54, 1.807) is 0 Å². The second-order valence-corrected chi connectivity index (χ2v) is 7.40. The Bertz CT molecular complexity index is 751. The average Bonchev–Trinajstić information content (AvgIpc) is 2.65. The first-order valence-electron chi connectivity index (χ1n) is 9.45. The maximum absolute atomic E-state index is 12.3. The molecule has 1 heterocycles. The lowest BCUT2D eigenvalue weighted by molar-refractivity contribution is 0.155. The molecule has 1 atom stereocenters. The zero-order valence-corrected chi connectivity index (χ0v) is 15.7. The van der Waals surface area contributed by atoms with Gasteiger partial charge in [-0.3, -0.25) is 9.69 Å². The summed E-state index contributed by atoms with van der Waals surface area (Å²) in [6, 6.07) is 8.32. The molecule has 1 aromatic heterocycles. The Morgan fingerprint density at radius 1 is 1.16 bits per heavy atom. The Kier molecular flexibility index (Phi) is 5.86. The van der Waals surface area contributed by atoms with E-state index in [0.29, 0.717) is 5.39 Å². The molecule has 25 heavy (non-hydrogen) atoms. The third kappa shape index (κ3) is 4.28. The van der Waals surface area contributed by atoms with Crippen molar-refractivity contribution in [1.82, 2.24) is 19.8 Å². The van der Waals surface area contributed by atoms with E-state index in [-0.39, 0.29) is 11.6 Å². The van der Waals surface area contributed by atoms with Crippen LogP contribution in [0.3, 0.4) is 0 Å². The SMILES string of the molecule is C[C@H](c1nc2ccccc2c(=O)[nH]1)N(C)CCN(C)C1CCCCC1. The summed E-state index contributed by atoms with van der Waals surface area (Å²) < 4.78 is 0. The fourth-order valence-corrected chi connectivity index (χ4v) is 3.72. The molecule has 0 radical (unpaired) electrons. The van der Waals surface area contributed by atoms with Crippen LogP contribution in [0.2, 0.25) is 0 Å².